The first-order valence-electron chi connectivity index (χ1n) is 11.1. The molecule has 0 aliphatic carbocycles. The first-order chi connectivity index (χ1) is 16.7. The maximum Gasteiger partial charge on any atom is 0.237 e. The van der Waals surface area contributed by atoms with Crippen LogP contribution in [-0.2, 0) is 4.79 Å². The number of thioether (sulfide) groups is 1. The van der Waals surface area contributed by atoms with Crippen LogP contribution in [0.2, 0.25) is 0 Å². The van der Waals surface area contributed by atoms with E-state index in [0.29, 0.717) is 17.5 Å². The van der Waals surface area contributed by atoms with Crippen molar-refractivity contribution < 1.29 is 4.79 Å². The molecule has 0 spiro atoms. The highest BCUT2D eigenvalue weighted by atomic mass is 32.2. The molecule has 2 heterocycles. The van der Waals surface area contributed by atoms with E-state index in [9.17, 15) is 4.79 Å². The molecule has 5 aromatic rings. The fourth-order valence-corrected chi connectivity index (χ4v) is 4.73. The van der Waals surface area contributed by atoms with Crippen molar-refractivity contribution in [2.24, 2.45) is 0 Å². The van der Waals surface area contributed by atoms with Crippen molar-refractivity contribution in [3.63, 3.8) is 0 Å². The minimum atomic E-state index is 0.0216. The molecule has 6 nitrogen and oxygen atoms in total. The average Bonchev–Trinajstić information content (AvgIpc) is 3.33. The molecule has 7 heteroatoms. The van der Waals surface area contributed by atoms with E-state index in [-0.39, 0.29) is 11.7 Å². The molecule has 1 amide bonds. The zero-order chi connectivity index (χ0) is 23.3. The predicted octanol–water partition coefficient (Wildman–Crippen LogP) is 5.63. The number of aromatic nitrogens is 4. The van der Waals surface area contributed by atoms with E-state index in [0.717, 1.165) is 27.7 Å². The normalized spacial score (nSPS) is 11.0. The molecule has 0 unspecified atom stereocenters. The molecule has 168 valence electrons. The molecule has 0 atom stereocenters. The Bertz CT molecular complexity index is 1420. The largest absolute Gasteiger partial charge is 0.312 e. The summed E-state index contributed by atoms with van der Waals surface area (Å²) >= 11 is 1.39. The van der Waals surface area contributed by atoms with Crippen molar-refractivity contribution in [2.75, 3.05) is 17.2 Å². The molecule has 0 bridgehead atoms. The van der Waals surface area contributed by atoms with Crippen molar-refractivity contribution in [3.05, 3.63) is 97.3 Å². The van der Waals surface area contributed by atoms with Crippen LogP contribution in [0.5, 0.6) is 0 Å². The third kappa shape index (κ3) is 4.43. The zero-order valence-corrected chi connectivity index (χ0v) is 19.5. The number of para-hydroxylation sites is 1. The van der Waals surface area contributed by atoms with Crippen LogP contribution in [-0.4, -0.2) is 38.0 Å². The molecule has 0 N–H and O–H groups in total. The molecule has 5 rings (SSSR count). The van der Waals surface area contributed by atoms with E-state index in [2.05, 4.69) is 39.4 Å². The minimum absolute atomic E-state index is 0.0216. The first kappa shape index (κ1) is 21.9. The van der Waals surface area contributed by atoms with E-state index >= 15 is 0 Å². The standard InChI is InChI=1S/C27H23N5OS/c1-2-31(24-15-14-20-9-6-7-10-21(20)17-24)25(33)19-34-27-30-29-26(22-11-8-16-28-18-22)32(27)23-12-4-3-5-13-23/h3-18H,2,19H2,1H3. The van der Waals surface area contributed by atoms with Gasteiger partial charge in [-0.2, -0.15) is 0 Å². The Morgan fingerprint density at radius 2 is 1.71 bits per heavy atom. The Morgan fingerprint density at radius 3 is 2.47 bits per heavy atom. The summed E-state index contributed by atoms with van der Waals surface area (Å²) in [6.45, 7) is 2.58. The fourth-order valence-electron chi connectivity index (χ4n) is 3.91. The molecule has 3 aromatic carbocycles. The lowest BCUT2D eigenvalue weighted by Crippen LogP contribution is -2.32. The van der Waals surface area contributed by atoms with Crippen LogP contribution >= 0.6 is 11.8 Å². The third-order valence-corrected chi connectivity index (χ3v) is 6.47. The molecule has 0 saturated heterocycles. The van der Waals surface area contributed by atoms with Crippen molar-refractivity contribution >= 4 is 34.1 Å². The lowest BCUT2D eigenvalue weighted by atomic mass is 10.1. The van der Waals surface area contributed by atoms with Gasteiger partial charge in [-0.1, -0.05) is 60.3 Å². The summed E-state index contributed by atoms with van der Waals surface area (Å²) in [5, 5.41) is 11.8. The summed E-state index contributed by atoms with van der Waals surface area (Å²) in [5.41, 5.74) is 2.69. The second-order valence-corrected chi connectivity index (χ2v) is 8.62. The molecular weight excluding hydrogens is 442 g/mol. The third-order valence-electron chi connectivity index (χ3n) is 5.55. The number of carbonyl (C=O) groups excluding carboxylic acids is 1. The smallest absolute Gasteiger partial charge is 0.237 e. The van der Waals surface area contributed by atoms with Gasteiger partial charge < -0.3 is 4.90 Å². The van der Waals surface area contributed by atoms with Crippen molar-refractivity contribution in [2.45, 2.75) is 12.1 Å². The first-order valence-corrected chi connectivity index (χ1v) is 12.1. The lowest BCUT2D eigenvalue weighted by molar-refractivity contribution is -0.116. The monoisotopic (exact) mass is 465 g/mol. The summed E-state index contributed by atoms with van der Waals surface area (Å²) in [6, 6.07) is 28.0. The van der Waals surface area contributed by atoms with Crippen molar-refractivity contribution in [3.8, 4) is 17.1 Å². The maximum absolute atomic E-state index is 13.2. The van der Waals surface area contributed by atoms with Gasteiger partial charge >= 0.3 is 0 Å². The summed E-state index contributed by atoms with van der Waals surface area (Å²) in [7, 11) is 0. The number of nitrogens with zero attached hydrogens (tertiary/aromatic N) is 5. The van der Waals surface area contributed by atoms with Crippen LogP contribution in [0.25, 0.3) is 27.8 Å². The molecule has 0 aliphatic heterocycles. The van der Waals surface area contributed by atoms with Gasteiger partial charge in [-0.3, -0.25) is 14.3 Å². The van der Waals surface area contributed by atoms with Crippen molar-refractivity contribution in [1.82, 2.24) is 19.7 Å². The van der Waals surface area contributed by atoms with Crippen LogP contribution in [0.4, 0.5) is 5.69 Å². The van der Waals surface area contributed by atoms with E-state index in [1.54, 1.807) is 12.4 Å². The summed E-state index contributed by atoms with van der Waals surface area (Å²) < 4.78 is 1.97. The second kappa shape index (κ2) is 9.89. The SMILES string of the molecule is CCN(C(=O)CSc1nnc(-c2cccnc2)n1-c1ccccc1)c1ccc2ccccc2c1. The van der Waals surface area contributed by atoms with Gasteiger partial charge in [-0.05, 0) is 54.1 Å². The molecule has 0 fully saturated rings. The van der Waals surface area contributed by atoms with Crippen LogP contribution in [0.1, 0.15) is 6.92 Å². The number of benzene rings is 3. The van der Waals surface area contributed by atoms with Gasteiger partial charge in [0, 0.05) is 35.9 Å². The van der Waals surface area contributed by atoms with Crippen LogP contribution in [0, 0.1) is 0 Å². The number of anilines is 1. The Balaban J connectivity index is 1.42. The Labute approximate surface area is 202 Å². The van der Waals surface area contributed by atoms with Gasteiger partial charge in [0.25, 0.3) is 0 Å². The Hall–Kier alpha value is -3.97. The maximum atomic E-state index is 13.2. The van der Waals surface area contributed by atoms with Crippen molar-refractivity contribution in [1.29, 1.82) is 0 Å². The number of rotatable bonds is 7. The molecule has 0 aliphatic rings. The average molecular weight is 466 g/mol. The molecular formula is C27H23N5OS. The van der Waals surface area contributed by atoms with Gasteiger partial charge in [0.2, 0.25) is 5.91 Å². The lowest BCUT2D eigenvalue weighted by Gasteiger charge is -2.21. The topological polar surface area (TPSA) is 63.9 Å². The molecule has 0 saturated carbocycles. The van der Waals surface area contributed by atoms with Crippen LogP contribution in [0.3, 0.4) is 0 Å². The van der Waals surface area contributed by atoms with Gasteiger partial charge in [0.15, 0.2) is 11.0 Å². The number of hydrogen-bond acceptors (Lipinski definition) is 5. The summed E-state index contributed by atoms with van der Waals surface area (Å²) in [5.74, 6) is 0.961. The predicted molar refractivity (Wildman–Crippen MR) is 137 cm³/mol. The Morgan fingerprint density at radius 1 is 0.912 bits per heavy atom. The fraction of sp³-hybridized carbons (Fsp3) is 0.111. The van der Waals surface area contributed by atoms with E-state index in [4.69, 9.17) is 0 Å². The number of hydrogen-bond donors (Lipinski definition) is 0. The second-order valence-electron chi connectivity index (χ2n) is 7.68. The summed E-state index contributed by atoms with van der Waals surface area (Å²) in [6.07, 6.45) is 3.49. The molecule has 34 heavy (non-hydrogen) atoms. The van der Waals surface area contributed by atoms with Gasteiger partial charge in [-0.25, -0.2) is 0 Å². The zero-order valence-electron chi connectivity index (χ0n) is 18.7. The van der Waals surface area contributed by atoms with E-state index < -0.39 is 0 Å². The van der Waals surface area contributed by atoms with Crippen LogP contribution < -0.4 is 4.90 Å². The highest BCUT2D eigenvalue weighted by Crippen LogP contribution is 2.29. The van der Waals surface area contributed by atoms with Gasteiger partial charge in [0.05, 0.1) is 5.75 Å². The minimum Gasteiger partial charge on any atom is -0.312 e. The number of carbonyl (C=O) groups is 1. The number of fused-ring (bicyclic) bond motifs is 1. The number of amides is 1. The van der Waals surface area contributed by atoms with E-state index in [1.165, 1.54) is 11.8 Å². The van der Waals surface area contributed by atoms with Gasteiger partial charge in [-0.15, -0.1) is 10.2 Å². The Kier molecular flexibility index (Phi) is 6.35. The quantitative estimate of drug-likeness (QED) is 0.292. The van der Waals surface area contributed by atoms with Crippen LogP contribution in [0.15, 0.2) is 102 Å². The van der Waals surface area contributed by atoms with E-state index in [1.807, 2.05) is 77.1 Å². The molecule has 2 aromatic heterocycles. The highest BCUT2D eigenvalue weighted by Gasteiger charge is 2.20. The number of pyridine rings is 1. The van der Waals surface area contributed by atoms with Gasteiger partial charge in [0.1, 0.15) is 0 Å². The molecule has 0 radical (unpaired) electrons. The summed E-state index contributed by atoms with van der Waals surface area (Å²) in [4.78, 5) is 19.3. The highest BCUT2D eigenvalue weighted by molar-refractivity contribution is 7.99.